The SMILES string of the molecule is c1ccc(-c2ccc(-n3c4ccccc4c4ccccc43)c(-c3ccc4cc(-c5nc(-c6ccccc6)nc(-c6ccc(-n7c8ccccc8c8ccccc87)c(-c7ccccc7)c6)n5)ccc4c3)c2)cc1. The lowest BCUT2D eigenvalue weighted by atomic mass is 9.95. The number of hydrogen-bond donors (Lipinski definition) is 0. The zero-order valence-electron chi connectivity index (χ0n) is 39.1. The first-order valence-corrected chi connectivity index (χ1v) is 24.4. The third-order valence-corrected chi connectivity index (χ3v) is 14.2. The van der Waals surface area contributed by atoms with Crippen LogP contribution < -0.4 is 0 Å². The van der Waals surface area contributed by atoms with Crippen molar-refractivity contribution in [1.29, 1.82) is 0 Å². The fraction of sp³-hybridized carbons (Fsp3) is 0. The van der Waals surface area contributed by atoms with Crippen LogP contribution in [0.15, 0.2) is 261 Å². The Labute approximate surface area is 416 Å². The minimum Gasteiger partial charge on any atom is -0.309 e. The van der Waals surface area contributed by atoms with E-state index in [1.165, 1.54) is 43.7 Å². The summed E-state index contributed by atoms with van der Waals surface area (Å²) in [7, 11) is 0. The third kappa shape index (κ3) is 6.98. The van der Waals surface area contributed by atoms with Crippen molar-refractivity contribution in [3.63, 3.8) is 0 Å². The minimum atomic E-state index is 0.608. The Kier molecular flexibility index (Phi) is 9.78. The fourth-order valence-corrected chi connectivity index (χ4v) is 10.8. The number of aromatic nitrogens is 5. The van der Waals surface area contributed by atoms with E-state index >= 15 is 0 Å². The second kappa shape index (κ2) is 17.1. The van der Waals surface area contributed by atoms with E-state index in [1.54, 1.807) is 0 Å². The molecule has 5 nitrogen and oxygen atoms in total. The van der Waals surface area contributed by atoms with Crippen LogP contribution in [0.4, 0.5) is 0 Å². The van der Waals surface area contributed by atoms with Gasteiger partial charge in [-0.25, -0.2) is 15.0 Å². The van der Waals surface area contributed by atoms with Crippen LogP contribution in [0.5, 0.6) is 0 Å². The van der Waals surface area contributed by atoms with Gasteiger partial charge >= 0.3 is 0 Å². The van der Waals surface area contributed by atoms with Crippen molar-refractivity contribution in [3.8, 4) is 78.9 Å². The molecule has 0 N–H and O–H groups in total. The molecule has 0 saturated heterocycles. The summed E-state index contributed by atoms with van der Waals surface area (Å²) in [4.78, 5) is 15.7. The van der Waals surface area contributed by atoms with E-state index < -0.39 is 0 Å². The van der Waals surface area contributed by atoms with Crippen LogP contribution in [0.2, 0.25) is 0 Å². The Bertz CT molecular complexity index is 4270. The van der Waals surface area contributed by atoms with Crippen molar-refractivity contribution in [3.05, 3.63) is 261 Å². The van der Waals surface area contributed by atoms with E-state index in [0.29, 0.717) is 17.5 Å². The van der Waals surface area contributed by atoms with Gasteiger partial charge in [-0.15, -0.1) is 0 Å². The normalized spacial score (nSPS) is 11.6. The van der Waals surface area contributed by atoms with Gasteiger partial charge in [-0.3, -0.25) is 0 Å². The monoisotopic (exact) mass is 917 g/mol. The number of rotatable bonds is 8. The van der Waals surface area contributed by atoms with Crippen LogP contribution in [-0.4, -0.2) is 24.1 Å². The number of fused-ring (bicyclic) bond motifs is 7. The Balaban J connectivity index is 0.909. The number of para-hydroxylation sites is 4. The maximum atomic E-state index is 5.29. The molecular weight excluding hydrogens is 875 g/mol. The summed E-state index contributed by atoms with van der Waals surface area (Å²) < 4.78 is 4.81. The van der Waals surface area contributed by atoms with Gasteiger partial charge in [0, 0.05) is 49.4 Å². The van der Waals surface area contributed by atoms with Gasteiger partial charge in [-0.1, -0.05) is 194 Å². The number of nitrogens with zero attached hydrogens (tertiary/aromatic N) is 5. The molecule has 0 atom stereocenters. The summed E-state index contributed by atoms with van der Waals surface area (Å²) >= 11 is 0. The first-order chi connectivity index (χ1) is 35.7. The highest BCUT2D eigenvalue weighted by Gasteiger charge is 2.20. The average Bonchev–Trinajstić information content (AvgIpc) is 3.98. The molecule has 0 fully saturated rings. The van der Waals surface area contributed by atoms with Crippen LogP contribution in [0.1, 0.15) is 0 Å². The molecule has 3 heterocycles. The molecule has 336 valence electrons. The second-order valence-corrected chi connectivity index (χ2v) is 18.4. The molecule has 0 aliphatic carbocycles. The van der Waals surface area contributed by atoms with Gasteiger partial charge in [-0.05, 0) is 99.8 Å². The zero-order valence-corrected chi connectivity index (χ0v) is 39.1. The lowest BCUT2D eigenvalue weighted by molar-refractivity contribution is 1.07. The van der Waals surface area contributed by atoms with Crippen LogP contribution in [0.3, 0.4) is 0 Å². The average molecular weight is 918 g/mol. The van der Waals surface area contributed by atoms with Crippen LogP contribution in [-0.2, 0) is 0 Å². The van der Waals surface area contributed by atoms with Crippen LogP contribution >= 0.6 is 0 Å². The van der Waals surface area contributed by atoms with Gasteiger partial charge in [0.1, 0.15) is 0 Å². The maximum Gasteiger partial charge on any atom is 0.164 e. The molecule has 0 spiro atoms. The van der Waals surface area contributed by atoms with Gasteiger partial charge in [0.15, 0.2) is 17.5 Å². The van der Waals surface area contributed by atoms with Crippen molar-refractivity contribution in [2.45, 2.75) is 0 Å². The third-order valence-electron chi connectivity index (χ3n) is 14.2. The predicted molar refractivity (Wildman–Crippen MR) is 299 cm³/mol. The van der Waals surface area contributed by atoms with E-state index in [4.69, 9.17) is 15.0 Å². The van der Waals surface area contributed by atoms with E-state index in [2.05, 4.69) is 252 Å². The topological polar surface area (TPSA) is 48.5 Å². The standard InChI is InChI=1S/C67H43N5/c1-4-18-44(19-5-1)49-36-38-64(72-61-30-16-12-26-55(61)56-27-13-17-31-62(56)72)58(42-49)50-34-32-48-41-51(35-33-47(48)40-50)66-68-65(46-22-8-3-9-23-46)69-67(70-66)52-37-39-63(57(43-52)45-20-6-2-7-21-45)71-59-28-14-10-24-53(59)54-25-11-15-29-60(54)71/h1-43H. The molecule has 0 unspecified atom stereocenters. The molecule has 0 saturated carbocycles. The molecule has 0 bridgehead atoms. The quantitative estimate of drug-likeness (QED) is 0.153. The summed E-state index contributed by atoms with van der Waals surface area (Å²) in [5, 5.41) is 7.14. The molecule has 72 heavy (non-hydrogen) atoms. The maximum absolute atomic E-state index is 5.29. The lowest BCUT2D eigenvalue weighted by Crippen LogP contribution is -2.02. The van der Waals surface area contributed by atoms with E-state index in [9.17, 15) is 0 Å². The van der Waals surface area contributed by atoms with Gasteiger partial charge in [0.2, 0.25) is 0 Å². The number of hydrogen-bond acceptors (Lipinski definition) is 3. The first-order valence-electron chi connectivity index (χ1n) is 24.4. The van der Waals surface area contributed by atoms with Gasteiger partial charge in [-0.2, -0.15) is 0 Å². The molecule has 11 aromatic carbocycles. The Hall–Kier alpha value is -9.71. The summed E-state index contributed by atoms with van der Waals surface area (Å²) in [6.07, 6.45) is 0. The summed E-state index contributed by atoms with van der Waals surface area (Å²) in [6, 6.07) is 93.1. The van der Waals surface area contributed by atoms with E-state index in [1.807, 2.05) is 18.2 Å². The molecule has 0 aliphatic rings. The van der Waals surface area contributed by atoms with E-state index in [0.717, 1.165) is 72.1 Å². The minimum absolute atomic E-state index is 0.608. The zero-order chi connectivity index (χ0) is 47.5. The van der Waals surface area contributed by atoms with Crippen LogP contribution in [0.25, 0.3) is 133 Å². The molecule has 14 aromatic rings. The molecule has 0 radical (unpaired) electrons. The molecule has 0 aliphatic heterocycles. The lowest BCUT2D eigenvalue weighted by Gasteiger charge is -2.17. The molecular formula is C67H43N5. The van der Waals surface area contributed by atoms with E-state index in [-0.39, 0.29) is 0 Å². The Morgan fingerprint density at radius 1 is 0.222 bits per heavy atom. The summed E-state index contributed by atoms with van der Waals surface area (Å²) in [6.45, 7) is 0. The highest BCUT2D eigenvalue weighted by Crippen LogP contribution is 2.41. The van der Waals surface area contributed by atoms with Crippen molar-refractivity contribution < 1.29 is 0 Å². The second-order valence-electron chi connectivity index (χ2n) is 18.4. The van der Waals surface area contributed by atoms with Crippen molar-refractivity contribution in [2.24, 2.45) is 0 Å². The van der Waals surface area contributed by atoms with Crippen molar-refractivity contribution >= 4 is 54.4 Å². The van der Waals surface area contributed by atoms with Gasteiger partial charge in [0.05, 0.1) is 33.4 Å². The van der Waals surface area contributed by atoms with Gasteiger partial charge in [0.25, 0.3) is 0 Å². The smallest absolute Gasteiger partial charge is 0.164 e. The number of benzene rings is 11. The highest BCUT2D eigenvalue weighted by atomic mass is 15.0. The molecule has 5 heteroatoms. The Morgan fingerprint density at radius 3 is 1.06 bits per heavy atom. The molecule has 0 amide bonds. The summed E-state index contributed by atoms with van der Waals surface area (Å²) in [5.74, 6) is 1.84. The predicted octanol–water partition coefficient (Wildman–Crippen LogP) is 17.2. The summed E-state index contributed by atoms with van der Waals surface area (Å²) in [5.41, 5.74) is 16.5. The first kappa shape index (κ1) is 41.3. The largest absolute Gasteiger partial charge is 0.309 e. The van der Waals surface area contributed by atoms with Crippen molar-refractivity contribution in [2.75, 3.05) is 0 Å². The molecule has 14 rings (SSSR count). The molecule has 3 aromatic heterocycles. The highest BCUT2D eigenvalue weighted by molar-refractivity contribution is 6.11. The van der Waals surface area contributed by atoms with Gasteiger partial charge < -0.3 is 9.13 Å². The van der Waals surface area contributed by atoms with Crippen LogP contribution in [0, 0.1) is 0 Å². The fourth-order valence-electron chi connectivity index (χ4n) is 10.8. The Morgan fingerprint density at radius 2 is 0.556 bits per heavy atom. The van der Waals surface area contributed by atoms with Crippen molar-refractivity contribution in [1.82, 2.24) is 24.1 Å².